The Morgan fingerprint density at radius 1 is 1.28 bits per heavy atom. The summed E-state index contributed by atoms with van der Waals surface area (Å²) in [6.45, 7) is 4.56. The highest BCUT2D eigenvalue weighted by molar-refractivity contribution is 14.1. The number of ketones is 2. The number of Topliss-reactive ketones (excluding diaryl/α,β-unsaturated/α-hetero) is 1. The van der Waals surface area contributed by atoms with Crippen molar-refractivity contribution in [2.24, 2.45) is 34.5 Å². The van der Waals surface area contributed by atoms with Crippen molar-refractivity contribution in [3.05, 3.63) is 11.6 Å². The van der Waals surface area contributed by atoms with Gasteiger partial charge in [0, 0.05) is 12.3 Å². The molecular weight excluding hydrogens is 427 g/mol. The van der Waals surface area contributed by atoms with Gasteiger partial charge in [-0.1, -0.05) is 42.0 Å². The van der Waals surface area contributed by atoms with Crippen LogP contribution in [0.4, 0.5) is 0 Å². The minimum Gasteiger partial charge on any atom is -0.393 e. The van der Waals surface area contributed by atoms with Gasteiger partial charge in [-0.05, 0) is 73.2 Å². The van der Waals surface area contributed by atoms with Crippen LogP contribution in [0.1, 0.15) is 58.8 Å². The summed E-state index contributed by atoms with van der Waals surface area (Å²) in [5.41, 5.74) is 1.22. The molecule has 3 nitrogen and oxygen atoms in total. The smallest absolute Gasteiger partial charge is 0.155 e. The Kier molecular flexibility index (Phi) is 4.46. The Hall–Kier alpha value is -0.230. The second-order valence-electron chi connectivity index (χ2n) is 9.40. The summed E-state index contributed by atoms with van der Waals surface area (Å²) < 4.78 is 0.585. The topological polar surface area (TPSA) is 54.4 Å². The van der Waals surface area contributed by atoms with Gasteiger partial charge in [-0.3, -0.25) is 9.59 Å². The lowest BCUT2D eigenvalue weighted by Crippen LogP contribution is -2.57. The van der Waals surface area contributed by atoms with Crippen LogP contribution < -0.4 is 0 Å². The zero-order chi connectivity index (χ0) is 18.0. The first kappa shape index (κ1) is 18.1. The Balaban J connectivity index is 1.70. The third-order valence-electron chi connectivity index (χ3n) is 8.41. The van der Waals surface area contributed by atoms with Crippen molar-refractivity contribution in [1.29, 1.82) is 0 Å². The van der Waals surface area contributed by atoms with E-state index in [-0.39, 0.29) is 34.6 Å². The molecule has 0 saturated heterocycles. The van der Waals surface area contributed by atoms with Crippen LogP contribution in [-0.2, 0) is 9.59 Å². The number of halogens is 1. The molecule has 0 aromatic carbocycles. The third kappa shape index (κ3) is 2.53. The molecule has 3 fully saturated rings. The zero-order valence-corrected chi connectivity index (χ0v) is 17.4. The van der Waals surface area contributed by atoms with E-state index in [1.165, 1.54) is 5.57 Å². The Morgan fingerprint density at radius 3 is 2.76 bits per heavy atom. The second-order valence-corrected chi connectivity index (χ2v) is 10.2. The molecule has 0 aromatic rings. The highest BCUT2D eigenvalue weighted by atomic mass is 127. The van der Waals surface area contributed by atoms with Gasteiger partial charge in [0.2, 0.25) is 0 Å². The molecule has 1 unspecified atom stereocenters. The van der Waals surface area contributed by atoms with Gasteiger partial charge in [-0.2, -0.15) is 0 Å². The highest BCUT2D eigenvalue weighted by Gasteiger charge is 2.62. The molecule has 25 heavy (non-hydrogen) atoms. The number of alkyl halides is 1. The maximum Gasteiger partial charge on any atom is 0.155 e. The fourth-order valence-electron chi connectivity index (χ4n) is 7.31. The summed E-state index contributed by atoms with van der Waals surface area (Å²) in [5.74, 6) is 2.07. The molecular formula is C21H29IO3. The number of carbonyl (C=O) groups excluding carboxylic acids is 2. The van der Waals surface area contributed by atoms with Crippen LogP contribution in [0.5, 0.6) is 0 Å². The van der Waals surface area contributed by atoms with Crippen molar-refractivity contribution < 1.29 is 14.7 Å². The summed E-state index contributed by atoms with van der Waals surface area (Å²) in [4.78, 5) is 24.4. The number of hydrogen-bond donors (Lipinski definition) is 1. The van der Waals surface area contributed by atoms with Gasteiger partial charge in [-0.15, -0.1) is 0 Å². The summed E-state index contributed by atoms with van der Waals surface area (Å²) in [6.07, 6.45) is 7.98. The fraction of sp³-hybridized carbons (Fsp3) is 0.810. The van der Waals surface area contributed by atoms with Gasteiger partial charge in [0.05, 0.1) is 10.5 Å². The monoisotopic (exact) mass is 456 g/mol. The number of fused-ring (bicyclic) bond motifs is 5. The summed E-state index contributed by atoms with van der Waals surface area (Å²) >= 11 is 2.19. The molecule has 0 bridgehead atoms. The predicted octanol–water partition coefficient (Wildman–Crippen LogP) is 4.11. The molecule has 4 heteroatoms. The lowest BCUT2D eigenvalue weighted by atomic mass is 9.46. The van der Waals surface area contributed by atoms with E-state index in [1.54, 1.807) is 0 Å². The standard InChI is InChI=1S/C21H29IO3/c1-20-8-7-13(23)9-12(20)3-4-14-15-5-6-16(18(25)11-22)21(15,2)10-17(24)19(14)20/h9,14-17,19,24H,3-8,10-11H2,1-2H3/t14-,15-,16+,17?,19+,20-,21-/m0/s1. The molecule has 7 atom stereocenters. The van der Waals surface area contributed by atoms with Crippen molar-refractivity contribution in [2.45, 2.75) is 64.9 Å². The summed E-state index contributed by atoms with van der Waals surface area (Å²) in [6, 6.07) is 0. The van der Waals surface area contributed by atoms with Crippen LogP contribution in [0, 0.1) is 34.5 Å². The minimum absolute atomic E-state index is 0.0249. The van der Waals surface area contributed by atoms with E-state index in [0.717, 1.165) is 38.5 Å². The maximum absolute atomic E-state index is 12.5. The molecule has 0 aromatic heterocycles. The van der Waals surface area contributed by atoms with E-state index in [4.69, 9.17) is 0 Å². The fourth-order valence-corrected chi connectivity index (χ4v) is 7.84. The number of carbonyl (C=O) groups is 2. The first-order valence-electron chi connectivity index (χ1n) is 9.82. The first-order valence-corrected chi connectivity index (χ1v) is 11.3. The molecule has 0 heterocycles. The van der Waals surface area contributed by atoms with E-state index in [9.17, 15) is 14.7 Å². The number of allylic oxidation sites excluding steroid dienone is 1. The van der Waals surface area contributed by atoms with Crippen molar-refractivity contribution >= 4 is 34.2 Å². The largest absolute Gasteiger partial charge is 0.393 e. The Bertz CT molecular complexity index is 641. The minimum atomic E-state index is -0.351. The molecule has 4 rings (SSSR count). The van der Waals surface area contributed by atoms with Crippen LogP contribution in [0.2, 0.25) is 0 Å². The number of rotatable bonds is 2. The normalized spacial score (nSPS) is 49.0. The van der Waals surface area contributed by atoms with Crippen molar-refractivity contribution in [3.8, 4) is 0 Å². The van der Waals surface area contributed by atoms with Crippen molar-refractivity contribution in [1.82, 2.24) is 0 Å². The van der Waals surface area contributed by atoms with Gasteiger partial charge in [0.1, 0.15) is 5.78 Å². The van der Waals surface area contributed by atoms with Crippen LogP contribution in [0.3, 0.4) is 0 Å². The molecule has 0 amide bonds. The molecule has 4 aliphatic carbocycles. The SMILES string of the molecule is C[C@]12CC(O)[C@H]3[C@@H](CCC4=CC(=O)CC[C@@]43C)[C@@H]1CC[C@@H]2C(=O)CI. The van der Waals surface area contributed by atoms with Gasteiger partial charge >= 0.3 is 0 Å². The average Bonchev–Trinajstić information content (AvgIpc) is 2.91. The van der Waals surface area contributed by atoms with Crippen LogP contribution >= 0.6 is 22.6 Å². The van der Waals surface area contributed by atoms with E-state index in [0.29, 0.717) is 28.5 Å². The quantitative estimate of drug-likeness (QED) is 0.503. The molecule has 0 spiro atoms. The summed E-state index contributed by atoms with van der Waals surface area (Å²) in [7, 11) is 0. The Morgan fingerprint density at radius 2 is 2.04 bits per heavy atom. The number of hydrogen-bond acceptors (Lipinski definition) is 3. The molecule has 4 aliphatic rings. The van der Waals surface area contributed by atoms with E-state index in [1.807, 2.05) is 6.08 Å². The summed E-state index contributed by atoms with van der Waals surface area (Å²) in [5, 5.41) is 11.2. The van der Waals surface area contributed by atoms with Crippen LogP contribution in [0.15, 0.2) is 11.6 Å². The molecule has 0 radical (unpaired) electrons. The van der Waals surface area contributed by atoms with Crippen LogP contribution in [-0.4, -0.2) is 27.2 Å². The molecule has 138 valence electrons. The lowest BCUT2D eigenvalue weighted by molar-refractivity contribution is -0.143. The van der Waals surface area contributed by atoms with Gasteiger partial charge in [0.25, 0.3) is 0 Å². The highest BCUT2D eigenvalue weighted by Crippen LogP contribution is 2.66. The first-order chi connectivity index (χ1) is 11.8. The van der Waals surface area contributed by atoms with E-state index >= 15 is 0 Å². The van der Waals surface area contributed by atoms with Crippen molar-refractivity contribution in [3.63, 3.8) is 0 Å². The van der Waals surface area contributed by atoms with Gasteiger partial charge in [-0.25, -0.2) is 0 Å². The molecule has 0 aliphatic heterocycles. The second kappa shape index (κ2) is 6.15. The Labute approximate surface area is 164 Å². The molecule has 1 N–H and O–H groups in total. The van der Waals surface area contributed by atoms with Crippen molar-refractivity contribution in [2.75, 3.05) is 4.43 Å². The van der Waals surface area contributed by atoms with Gasteiger partial charge in [0.15, 0.2) is 5.78 Å². The zero-order valence-electron chi connectivity index (χ0n) is 15.3. The third-order valence-corrected chi connectivity index (χ3v) is 9.17. The lowest BCUT2D eigenvalue weighted by Gasteiger charge is -2.59. The van der Waals surface area contributed by atoms with E-state index < -0.39 is 0 Å². The predicted molar refractivity (Wildman–Crippen MR) is 105 cm³/mol. The maximum atomic E-state index is 12.5. The molecule has 3 saturated carbocycles. The number of aliphatic hydroxyl groups is 1. The average molecular weight is 456 g/mol. The van der Waals surface area contributed by atoms with Gasteiger partial charge < -0.3 is 5.11 Å². The number of aliphatic hydroxyl groups excluding tert-OH is 1. The van der Waals surface area contributed by atoms with E-state index in [2.05, 4.69) is 36.4 Å². The van der Waals surface area contributed by atoms with Crippen LogP contribution in [0.25, 0.3) is 0 Å².